The fourth-order valence-electron chi connectivity index (χ4n) is 2.24. The number of thiocarbonyl (C=S) groups is 1. The van der Waals surface area contributed by atoms with Crippen molar-refractivity contribution in [1.82, 2.24) is 5.32 Å². The Balaban J connectivity index is 1.93. The lowest BCUT2D eigenvalue weighted by atomic mass is 10.2. The number of non-ortho nitro benzene ring substituents is 1. The second-order valence-electron chi connectivity index (χ2n) is 5.83. The number of para-hydroxylation sites is 2. The van der Waals surface area contributed by atoms with Crippen molar-refractivity contribution in [2.45, 2.75) is 19.8 Å². The van der Waals surface area contributed by atoms with Gasteiger partial charge in [-0.15, -0.1) is 0 Å². The molecule has 0 atom stereocenters. The van der Waals surface area contributed by atoms with Crippen LogP contribution < -0.4 is 15.4 Å². The van der Waals surface area contributed by atoms with E-state index in [2.05, 4.69) is 17.6 Å². The maximum Gasteiger partial charge on any atom is 0.270 e. The number of hydrogen-bond acceptors (Lipinski definition) is 5. The Kier molecular flexibility index (Phi) is 8.11. The highest BCUT2D eigenvalue weighted by Crippen LogP contribution is 2.23. The van der Waals surface area contributed by atoms with E-state index >= 15 is 0 Å². The highest BCUT2D eigenvalue weighted by molar-refractivity contribution is 7.80. The van der Waals surface area contributed by atoms with Gasteiger partial charge in [-0.1, -0.05) is 37.6 Å². The molecule has 146 valence electrons. The quantitative estimate of drug-likeness (QED) is 0.226. The molecule has 0 fully saturated rings. The molecule has 2 rings (SSSR count). The lowest BCUT2D eigenvalue weighted by Gasteiger charge is -2.13. The Morgan fingerprint density at radius 3 is 2.79 bits per heavy atom. The molecule has 0 saturated carbocycles. The predicted octanol–water partition coefficient (Wildman–Crippen LogP) is 4.30. The maximum absolute atomic E-state index is 12.0. The Bertz CT molecular complexity index is 883. The minimum absolute atomic E-state index is 0.0422. The fraction of sp³-hybridized carbons (Fsp3) is 0.200. The first-order chi connectivity index (χ1) is 13.5. The van der Waals surface area contributed by atoms with Gasteiger partial charge in [-0.3, -0.25) is 20.2 Å². The molecule has 0 radical (unpaired) electrons. The Hall–Kier alpha value is -3.26. The number of carbonyl (C=O) groups excluding carboxylic acids is 1. The lowest BCUT2D eigenvalue weighted by Crippen LogP contribution is -2.32. The summed E-state index contributed by atoms with van der Waals surface area (Å²) in [6.45, 7) is 2.68. The third kappa shape index (κ3) is 6.81. The first-order valence-corrected chi connectivity index (χ1v) is 9.16. The van der Waals surface area contributed by atoms with Crippen LogP contribution in [-0.4, -0.2) is 22.5 Å². The molecule has 1 amide bonds. The summed E-state index contributed by atoms with van der Waals surface area (Å²) in [5.41, 5.74) is 1.16. The average molecular weight is 399 g/mol. The summed E-state index contributed by atoms with van der Waals surface area (Å²) < 4.78 is 5.72. The highest BCUT2D eigenvalue weighted by atomic mass is 32.1. The smallest absolute Gasteiger partial charge is 0.270 e. The highest BCUT2D eigenvalue weighted by Gasteiger charge is 2.07. The van der Waals surface area contributed by atoms with Crippen LogP contribution in [0.3, 0.4) is 0 Å². The second-order valence-corrected chi connectivity index (χ2v) is 6.24. The first kappa shape index (κ1) is 21.0. The summed E-state index contributed by atoms with van der Waals surface area (Å²) in [6.07, 6.45) is 4.71. The molecular formula is C20H21N3O4S. The summed E-state index contributed by atoms with van der Waals surface area (Å²) in [5, 5.41) is 16.4. The molecule has 2 aromatic rings. The van der Waals surface area contributed by atoms with Crippen molar-refractivity contribution < 1.29 is 14.5 Å². The van der Waals surface area contributed by atoms with Crippen LogP contribution in [0.15, 0.2) is 54.6 Å². The first-order valence-electron chi connectivity index (χ1n) is 8.76. The van der Waals surface area contributed by atoms with Crippen molar-refractivity contribution in [3.8, 4) is 5.75 Å². The van der Waals surface area contributed by atoms with Gasteiger partial charge in [-0.2, -0.15) is 0 Å². The third-order valence-corrected chi connectivity index (χ3v) is 3.84. The topological polar surface area (TPSA) is 93.5 Å². The molecule has 2 aromatic carbocycles. The predicted molar refractivity (Wildman–Crippen MR) is 113 cm³/mol. The van der Waals surface area contributed by atoms with Crippen LogP contribution in [-0.2, 0) is 4.79 Å². The van der Waals surface area contributed by atoms with Crippen molar-refractivity contribution in [2.75, 3.05) is 11.9 Å². The summed E-state index contributed by atoms with van der Waals surface area (Å²) >= 11 is 5.17. The Morgan fingerprint density at radius 2 is 2.04 bits per heavy atom. The molecule has 0 unspecified atom stereocenters. The Labute approximate surface area is 168 Å². The molecule has 0 aliphatic carbocycles. The van der Waals surface area contributed by atoms with Crippen molar-refractivity contribution >= 4 is 40.7 Å². The van der Waals surface area contributed by atoms with Gasteiger partial charge in [-0.05, 0) is 42.4 Å². The number of nitrogens with zero attached hydrogens (tertiary/aromatic N) is 1. The third-order valence-electron chi connectivity index (χ3n) is 3.64. The van der Waals surface area contributed by atoms with Gasteiger partial charge < -0.3 is 10.1 Å². The van der Waals surface area contributed by atoms with Crippen molar-refractivity contribution in [3.05, 3.63) is 70.3 Å². The van der Waals surface area contributed by atoms with Crippen LogP contribution >= 0.6 is 12.2 Å². The standard InChI is InChI=1S/C20H21N3O4S/c1-2-3-13-27-18-10-5-4-9-17(18)21-20(28)22-19(24)12-11-15-7-6-8-16(14-15)23(25)26/h4-12,14H,2-3,13H2,1H3,(H2,21,22,24,28)/b12-11+. The average Bonchev–Trinajstić information content (AvgIpc) is 2.68. The van der Waals surface area contributed by atoms with Gasteiger partial charge in [0.1, 0.15) is 5.75 Å². The molecule has 0 aliphatic heterocycles. The largest absolute Gasteiger partial charge is 0.491 e. The van der Waals surface area contributed by atoms with Crippen LogP contribution in [0.1, 0.15) is 25.3 Å². The van der Waals surface area contributed by atoms with E-state index < -0.39 is 10.8 Å². The normalized spacial score (nSPS) is 10.5. The number of amides is 1. The number of ether oxygens (including phenoxy) is 1. The van der Waals surface area contributed by atoms with Gasteiger partial charge in [0.25, 0.3) is 5.69 Å². The van der Waals surface area contributed by atoms with E-state index in [4.69, 9.17) is 17.0 Å². The van der Waals surface area contributed by atoms with E-state index in [1.54, 1.807) is 18.2 Å². The van der Waals surface area contributed by atoms with E-state index in [9.17, 15) is 14.9 Å². The molecule has 28 heavy (non-hydrogen) atoms. The number of benzene rings is 2. The SMILES string of the molecule is CCCCOc1ccccc1NC(=S)NC(=O)/C=C/c1cccc([N+](=O)[O-])c1. The van der Waals surface area contributed by atoms with Crippen molar-refractivity contribution in [3.63, 3.8) is 0 Å². The molecule has 0 saturated heterocycles. The van der Waals surface area contributed by atoms with Crippen LogP contribution in [0, 0.1) is 10.1 Å². The number of nitro groups is 1. The fourth-order valence-corrected chi connectivity index (χ4v) is 2.45. The monoisotopic (exact) mass is 399 g/mol. The lowest BCUT2D eigenvalue weighted by molar-refractivity contribution is -0.384. The molecule has 0 aromatic heterocycles. The molecule has 2 N–H and O–H groups in total. The molecule has 7 nitrogen and oxygen atoms in total. The number of unbranched alkanes of at least 4 members (excludes halogenated alkanes) is 1. The van der Waals surface area contributed by atoms with E-state index in [1.165, 1.54) is 24.3 Å². The molecule has 8 heteroatoms. The number of nitrogens with one attached hydrogen (secondary N) is 2. The summed E-state index contributed by atoms with van der Waals surface area (Å²) in [6, 6.07) is 13.3. The summed E-state index contributed by atoms with van der Waals surface area (Å²) in [5.74, 6) is 0.202. The van der Waals surface area contributed by atoms with E-state index in [-0.39, 0.29) is 10.8 Å². The zero-order chi connectivity index (χ0) is 20.4. The number of rotatable bonds is 8. The van der Waals surface area contributed by atoms with E-state index in [0.29, 0.717) is 23.6 Å². The number of hydrogen-bond donors (Lipinski definition) is 2. The zero-order valence-electron chi connectivity index (χ0n) is 15.4. The number of anilines is 1. The van der Waals surface area contributed by atoms with Gasteiger partial charge in [0.05, 0.1) is 17.2 Å². The van der Waals surface area contributed by atoms with Crippen molar-refractivity contribution in [1.29, 1.82) is 0 Å². The van der Waals surface area contributed by atoms with Crippen molar-refractivity contribution in [2.24, 2.45) is 0 Å². The molecule has 0 aliphatic rings. The van der Waals surface area contributed by atoms with Gasteiger partial charge >= 0.3 is 0 Å². The zero-order valence-corrected chi connectivity index (χ0v) is 16.2. The van der Waals surface area contributed by atoms with Crippen LogP contribution in [0.2, 0.25) is 0 Å². The minimum Gasteiger partial charge on any atom is -0.491 e. The van der Waals surface area contributed by atoms with Gasteiger partial charge in [-0.25, -0.2) is 0 Å². The van der Waals surface area contributed by atoms with Crippen LogP contribution in [0.4, 0.5) is 11.4 Å². The summed E-state index contributed by atoms with van der Waals surface area (Å²) in [7, 11) is 0. The Morgan fingerprint density at radius 1 is 1.25 bits per heavy atom. The van der Waals surface area contributed by atoms with E-state index in [0.717, 1.165) is 12.8 Å². The van der Waals surface area contributed by atoms with Gasteiger partial charge in [0.15, 0.2) is 5.11 Å². The number of carbonyl (C=O) groups is 1. The second kappa shape index (κ2) is 10.8. The van der Waals surface area contributed by atoms with Crippen LogP contribution in [0.5, 0.6) is 5.75 Å². The molecule has 0 heterocycles. The van der Waals surface area contributed by atoms with Gasteiger partial charge in [0, 0.05) is 18.2 Å². The maximum atomic E-state index is 12.0. The van der Waals surface area contributed by atoms with Crippen LogP contribution in [0.25, 0.3) is 6.08 Å². The van der Waals surface area contributed by atoms with Gasteiger partial charge in [0.2, 0.25) is 5.91 Å². The summed E-state index contributed by atoms with van der Waals surface area (Å²) in [4.78, 5) is 22.3. The molecule has 0 spiro atoms. The number of nitro benzene ring substituents is 1. The molecule has 0 bridgehead atoms. The molecular weight excluding hydrogens is 378 g/mol. The minimum atomic E-state index is -0.490. The van der Waals surface area contributed by atoms with E-state index in [1.807, 2.05) is 18.2 Å².